The van der Waals surface area contributed by atoms with E-state index in [-0.39, 0.29) is 23.8 Å². The summed E-state index contributed by atoms with van der Waals surface area (Å²) in [6, 6.07) is 13.2. The molecule has 4 aromatic rings. The molecule has 0 unspecified atom stereocenters. The van der Waals surface area contributed by atoms with Crippen molar-refractivity contribution in [3.63, 3.8) is 0 Å². The summed E-state index contributed by atoms with van der Waals surface area (Å²) in [5.41, 5.74) is 2.06. The molecule has 0 aliphatic heterocycles. The Morgan fingerprint density at radius 1 is 1.21 bits per heavy atom. The van der Waals surface area contributed by atoms with Crippen molar-refractivity contribution in [2.75, 3.05) is 0 Å². The first-order valence-electron chi connectivity index (χ1n) is 9.07. The van der Waals surface area contributed by atoms with E-state index >= 15 is 0 Å². The highest BCUT2D eigenvalue weighted by atomic mass is 32.1. The van der Waals surface area contributed by atoms with Crippen LogP contribution >= 0.6 is 11.3 Å². The van der Waals surface area contributed by atoms with Gasteiger partial charge in [-0.3, -0.25) is 14.6 Å². The summed E-state index contributed by atoms with van der Waals surface area (Å²) >= 11 is 1.58. The molecule has 0 saturated carbocycles. The molecule has 0 fully saturated rings. The summed E-state index contributed by atoms with van der Waals surface area (Å²) in [5.74, 6) is -0.650. The van der Waals surface area contributed by atoms with Gasteiger partial charge in [0.25, 0.3) is 11.5 Å². The Morgan fingerprint density at radius 2 is 2.00 bits per heavy atom. The number of carbonyl (C=O) groups is 1. The fourth-order valence-electron chi connectivity index (χ4n) is 3.11. The Morgan fingerprint density at radius 3 is 2.72 bits per heavy atom. The first-order valence-corrected chi connectivity index (χ1v) is 9.95. The van der Waals surface area contributed by atoms with Gasteiger partial charge in [-0.25, -0.2) is 4.39 Å². The maximum Gasteiger partial charge on any atom is 0.260 e. The molecule has 5 nitrogen and oxygen atoms in total. The van der Waals surface area contributed by atoms with Crippen LogP contribution in [0, 0.1) is 12.7 Å². The summed E-state index contributed by atoms with van der Waals surface area (Å²) in [5, 5.41) is 5.17. The van der Waals surface area contributed by atoms with Crippen LogP contribution in [0.1, 0.15) is 26.5 Å². The molecule has 0 saturated heterocycles. The normalized spacial score (nSPS) is 11.0. The van der Waals surface area contributed by atoms with Gasteiger partial charge in [0.1, 0.15) is 5.82 Å². The molecule has 0 aliphatic carbocycles. The average Bonchev–Trinajstić information content (AvgIpc) is 3.22. The molecule has 29 heavy (non-hydrogen) atoms. The number of fused-ring (bicyclic) bond motifs is 1. The van der Waals surface area contributed by atoms with Crippen LogP contribution in [0.25, 0.3) is 10.9 Å². The molecule has 0 spiro atoms. The second-order valence-electron chi connectivity index (χ2n) is 6.69. The maximum absolute atomic E-state index is 13.0. The topological polar surface area (TPSA) is 64.0 Å². The summed E-state index contributed by atoms with van der Waals surface area (Å²) in [4.78, 5) is 31.1. The zero-order valence-corrected chi connectivity index (χ0v) is 16.5. The molecule has 1 N–H and O–H groups in total. The van der Waals surface area contributed by atoms with E-state index < -0.39 is 0 Å². The van der Waals surface area contributed by atoms with Crippen LogP contribution in [0.2, 0.25) is 0 Å². The standard InChI is InChI=1S/C22H18FN3O2S/c1-14-18(21(27)24-12-15-4-6-16(23)7-5-15)11-19-20(25-14)8-9-26(22(19)28)13-17-3-2-10-29-17/h2-11H,12-13H2,1H3,(H,24,27). The molecule has 1 amide bonds. The molecular weight excluding hydrogens is 389 g/mol. The zero-order chi connectivity index (χ0) is 20.4. The van der Waals surface area contributed by atoms with Gasteiger partial charge in [-0.05, 0) is 48.2 Å². The molecule has 7 heteroatoms. The van der Waals surface area contributed by atoms with Gasteiger partial charge in [0.15, 0.2) is 0 Å². The SMILES string of the molecule is Cc1nc2ccn(Cc3cccs3)c(=O)c2cc1C(=O)NCc1ccc(F)cc1. The molecule has 3 aromatic heterocycles. The molecule has 0 bridgehead atoms. The predicted octanol–water partition coefficient (Wildman–Crippen LogP) is 3.88. The van der Waals surface area contributed by atoms with Gasteiger partial charge in [0.05, 0.1) is 28.7 Å². The van der Waals surface area contributed by atoms with Crippen molar-refractivity contribution in [3.8, 4) is 0 Å². The van der Waals surface area contributed by atoms with Gasteiger partial charge in [-0.1, -0.05) is 18.2 Å². The van der Waals surface area contributed by atoms with Gasteiger partial charge in [-0.15, -0.1) is 11.3 Å². The van der Waals surface area contributed by atoms with Crippen LogP contribution in [0.4, 0.5) is 4.39 Å². The number of nitrogens with zero attached hydrogens (tertiary/aromatic N) is 2. The van der Waals surface area contributed by atoms with Gasteiger partial charge >= 0.3 is 0 Å². The number of aromatic nitrogens is 2. The van der Waals surface area contributed by atoms with Crippen LogP contribution in [0.15, 0.2) is 64.9 Å². The van der Waals surface area contributed by atoms with E-state index in [0.29, 0.717) is 28.7 Å². The Labute approximate surface area is 170 Å². The lowest BCUT2D eigenvalue weighted by molar-refractivity contribution is 0.0950. The van der Waals surface area contributed by atoms with E-state index in [2.05, 4.69) is 10.3 Å². The number of carbonyl (C=O) groups excluding carboxylic acids is 1. The minimum Gasteiger partial charge on any atom is -0.348 e. The lowest BCUT2D eigenvalue weighted by atomic mass is 10.1. The first-order chi connectivity index (χ1) is 14.0. The van der Waals surface area contributed by atoms with Crippen molar-refractivity contribution < 1.29 is 9.18 Å². The second-order valence-corrected chi connectivity index (χ2v) is 7.72. The van der Waals surface area contributed by atoms with Gasteiger partial charge < -0.3 is 9.88 Å². The highest BCUT2D eigenvalue weighted by molar-refractivity contribution is 7.09. The third-order valence-corrected chi connectivity index (χ3v) is 5.52. The van der Waals surface area contributed by atoms with Crippen molar-refractivity contribution in [2.24, 2.45) is 0 Å². The average molecular weight is 407 g/mol. The van der Waals surface area contributed by atoms with E-state index in [1.807, 2.05) is 17.5 Å². The Bertz CT molecular complexity index is 1230. The van der Waals surface area contributed by atoms with E-state index in [1.165, 1.54) is 12.1 Å². The monoisotopic (exact) mass is 407 g/mol. The number of aryl methyl sites for hydroxylation is 1. The molecular formula is C22H18FN3O2S. The predicted molar refractivity (Wildman–Crippen MR) is 112 cm³/mol. The highest BCUT2D eigenvalue weighted by Gasteiger charge is 2.14. The lowest BCUT2D eigenvalue weighted by Crippen LogP contribution is -2.25. The number of pyridine rings is 2. The summed E-state index contributed by atoms with van der Waals surface area (Å²) in [7, 11) is 0. The van der Waals surface area contributed by atoms with E-state index in [0.717, 1.165) is 10.4 Å². The van der Waals surface area contributed by atoms with Crippen LogP contribution in [-0.4, -0.2) is 15.5 Å². The molecule has 1 aromatic carbocycles. The summed E-state index contributed by atoms with van der Waals surface area (Å²) in [6.07, 6.45) is 1.73. The van der Waals surface area contributed by atoms with Crippen molar-refractivity contribution in [1.29, 1.82) is 0 Å². The van der Waals surface area contributed by atoms with E-state index in [1.54, 1.807) is 53.3 Å². The third kappa shape index (κ3) is 4.09. The van der Waals surface area contributed by atoms with Crippen LogP contribution in [-0.2, 0) is 13.1 Å². The third-order valence-electron chi connectivity index (χ3n) is 4.66. The molecule has 3 heterocycles. The van der Waals surface area contributed by atoms with Crippen molar-refractivity contribution in [3.05, 3.63) is 98.0 Å². The van der Waals surface area contributed by atoms with E-state index in [4.69, 9.17) is 0 Å². The zero-order valence-electron chi connectivity index (χ0n) is 15.7. The Balaban J connectivity index is 1.62. The maximum atomic E-state index is 13.0. The lowest BCUT2D eigenvalue weighted by Gasteiger charge is -2.10. The molecule has 4 rings (SSSR count). The molecule has 0 aliphatic rings. The number of benzene rings is 1. The molecule has 0 radical (unpaired) electrons. The smallest absolute Gasteiger partial charge is 0.260 e. The Kier molecular flexibility index (Phi) is 5.22. The van der Waals surface area contributed by atoms with Crippen LogP contribution in [0.3, 0.4) is 0 Å². The number of nitrogens with one attached hydrogen (secondary N) is 1. The van der Waals surface area contributed by atoms with E-state index in [9.17, 15) is 14.0 Å². The minimum atomic E-state index is -0.325. The van der Waals surface area contributed by atoms with Crippen LogP contribution in [0.5, 0.6) is 0 Å². The summed E-state index contributed by atoms with van der Waals surface area (Å²) < 4.78 is 14.6. The highest BCUT2D eigenvalue weighted by Crippen LogP contribution is 2.15. The van der Waals surface area contributed by atoms with Crippen LogP contribution < -0.4 is 10.9 Å². The van der Waals surface area contributed by atoms with Crippen molar-refractivity contribution in [1.82, 2.24) is 14.9 Å². The fourth-order valence-corrected chi connectivity index (χ4v) is 3.81. The number of rotatable bonds is 5. The molecule has 146 valence electrons. The number of amides is 1. The van der Waals surface area contributed by atoms with Gasteiger partial charge in [0, 0.05) is 17.6 Å². The number of hydrogen-bond acceptors (Lipinski definition) is 4. The Hall–Kier alpha value is -3.32. The summed E-state index contributed by atoms with van der Waals surface area (Å²) in [6.45, 7) is 2.48. The number of halogens is 1. The van der Waals surface area contributed by atoms with Crippen molar-refractivity contribution in [2.45, 2.75) is 20.0 Å². The quantitative estimate of drug-likeness (QED) is 0.546. The van der Waals surface area contributed by atoms with Crippen molar-refractivity contribution >= 4 is 28.1 Å². The number of thiophene rings is 1. The fraction of sp³-hybridized carbons (Fsp3) is 0.136. The minimum absolute atomic E-state index is 0.184. The molecule has 0 atom stereocenters. The van der Waals surface area contributed by atoms with Gasteiger partial charge in [-0.2, -0.15) is 0 Å². The first kappa shape index (κ1) is 19.0. The van der Waals surface area contributed by atoms with Gasteiger partial charge in [0.2, 0.25) is 0 Å². The number of hydrogen-bond donors (Lipinski definition) is 1. The second kappa shape index (κ2) is 7.97. The largest absolute Gasteiger partial charge is 0.348 e.